The highest BCUT2D eigenvalue weighted by atomic mass is 16.2. The van der Waals surface area contributed by atoms with Gasteiger partial charge in [-0.15, -0.1) is 0 Å². The van der Waals surface area contributed by atoms with Crippen molar-refractivity contribution in [3.8, 4) is 6.07 Å². The number of nitrogens with two attached hydrogens (primary N) is 1. The highest BCUT2D eigenvalue weighted by molar-refractivity contribution is 6.34. The number of nitrogen functional groups attached to an aromatic ring is 1. The lowest BCUT2D eigenvalue weighted by Gasteiger charge is -2.15. The molecule has 3 rings (SSSR count). The molecule has 6 nitrogen and oxygen atoms in total. The molecule has 0 atom stereocenters. The number of fused-ring (bicyclic) bond motifs is 1. The number of nitrogens with zero attached hydrogens (tertiary/aromatic N) is 3. The molecule has 0 bridgehead atoms. The van der Waals surface area contributed by atoms with Gasteiger partial charge in [-0.3, -0.25) is 14.6 Å². The fourth-order valence-electron chi connectivity index (χ4n) is 2.11. The van der Waals surface area contributed by atoms with Crippen molar-refractivity contribution in [1.29, 1.82) is 5.26 Å². The van der Waals surface area contributed by atoms with E-state index >= 15 is 0 Å². The average molecular weight is 264 g/mol. The van der Waals surface area contributed by atoms with E-state index < -0.39 is 11.8 Å². The Labute approximate surface area is 114 Å². The van der Waals surface area contributed by atoms with Gasteiger partial charge in [-0.25, -0.2) is 4.90 Å². The number of aromatic nitrogens is 1. The Morgan fingerprint density at radius 3 is 2.65 bits per heavy atom. The van der Waals surface area contributed by atoms with Gasteiger partial charge in [-0.05, 0) is 30.3 Å². The van der Waals surface area contributed by atoms with Crippen LogP contribution in [0.4, 0.5) is 11.4 Å². The minimum Gasteiger partial charge on any atom is -0.397 e. The summed E-state index contributed by atoms with van der Waals surface area (Å²) < 4.78 is 0. The Morgan fingerprint density at radius 2 is 2.00 bits per heavy atom. The van der Waals surface area contributed by atoms with Crippen molar-refractivity contribution >= 4 is 23.2 Å². The van der Waals surface area contributed by atoms with Gasteiger partial charge in [-0.2, -0.15) is 5.26 Å². The molecule has 2 heterocycles. The van der Waals surface area contributed by atoms with E-state index in [-0.39, 0.29) is 22.6 Å². The molecule has 0 unspecified atom stereocenters. The number of rotatable bonds is 1. The summed E-state index contributed by atoms with van der Waals surface area (Å²) >= 11 is 0. The highest BCUT2D eigenvalue weighted by Gasteiger charge is 2.38. The van der Waals surface area contributed by atoms with Gasteiger partial charge in [0, 0.05) is 6.20 Å². The zero-order valence-corrected chi connectivity index (χ0v) is 10.2. The molecule has 2 N–H and O–H groups in total. The maximum atomic E-state index is 12.3. The predicted molar refractivity (Wildman–Crippen MR) is 70.9 cm³/mol. The third kappa shape index (κ3) is 1.54. The number of carbonyl (C=O) groups is 2. The van der Waals surface area contributed by atoms with Crippen molar-refractivity contribution < 1.29 is 9.59 Å². The number of benzene rings is 1. The van der Waals surface area contributed by atoms with Gasteiger partial charge < -0.3 is 5.73 Å². The lowest BCUT2D eigenvalue weighted by Crippen LogP contribution is -2.30. The summed E-state index contributed by atoms with van der Waals surface area (Å²) in [6.45, 7) is 0. The normalized spacial score (nSPS) is 13.2. The molecule has 1 aromatic heterocycles. The maximum Gasteiger partial charge on any atom is 0.284 e. The van der Waals surface area contributed by atoms with E-state index in [1.54, 1.807) is 12.1 Å². The summed E-state index contributed by atoms with van der Waals surface area (Å²) in [5.41, 5.74) is 7.00. The maximum absolute atomic E-state index is 12.3. The number of hydrogen-bond acceptors (Lipinski definition) is 5. The SMILES string of the molecule is N#Cc1ccc(N2C(=O)c3cccnc3C2=O)c(N)c1. The van der Waals surface area contributed by atoms with Crippen LogP contribution < -0.4 is 10.6 Å². The monoisotopic (exact) mass is 264 g/mol. The Kier molecular flexibility index (Phi) is 2.48. The van der Waals surface area contributed by atoms with Gasteiger partial charge >= 0.3 is 0 Å². The molecule has 1 aromatic carbocycles. The van der Waals surface area contributed by atoms with Crippen LogP contribution in [-0.4, -0.2) is 16.8 Å². The molecule has 20 heavy (non-hydrogen) atoms. The molecule has 0 spiro atoms. The van der Waals surface area contributed by atoms with E-state index in [4.69, 9.17) is 11.0 Å². The van der Waals surface area contributed by atoms with Crippen LogP contribution in [0.15, 0.2) is 36.5 Å². The predicted octanol–water partition coefficient (Wildman–Crippen LogP) is 1.34. The molecule has 96 valence electrons. The van der Waals surface area contributed by atoms with Crippen LogP contribution in [-0.2, 0) is 0 Å². The third-order valence-electron chi connectivity index (χ3n) is 3.04. The van der Waals surface area contributed by atoms with Crippen molar-refractivity contribution in [1.82, 2.24) is 4.98 Å². The summed E-state index contributed by atoms with van der Waals surface area (Å²) in [5, 5.41) is 8.80. The quantitative estimate of drug-likeness (QED) is 0.618. The Balaban J connectivity index is 2.12. The number of imide groups is 1. The van der Waals surface area contributed by atoms with E-state index in [1.165, 1.54) is 24.4 Å². The van der Waals surface area contributed by atoms with Crippen LogP contribution in [0.25, 0.3) is 0 Å². The molecule has 2 amide bonds. The van der Waals surface area contributed by atoms with Crippen molar-refractivity contribution in [2.75, 3.05) is 10.6 Å². The lowest BCUT2D eigenvalue weighted by molar-refractivity contribution is 0.0925. The highest BCUT2D eigenvalue weighted by Crippen LogP contribution is 2.31. The topological polar surface area (TPSA) is 100 Å². The van der Waals surface area contributed by atoms with Crippen LogP contribution in [0, 0.1) is 11.3 Å². The largest absolute Gasteiger partial charge is 0.397 e. The van der Waals surface area contributed by atoms with Crippen LogP contribution in [0.3, 0.4) is 0 Å². The second kappa shape index (κ2) is 4.17. The lowest BCUT2D eigenvalue weighted by atomic mass is 10.1. The third-order valence-corrected chi connectivity index (χ3v) is 3.04. The van der Waals surface area contributed by atoms with Gasteiger partial charge in [-0.1, -0.05) is 0 Å². The summed E-state index contributed by atoms with van der Waals surface area (Å²) in [4.78, 5) is 29.4. The fraction of sp³-hybridized carbons (Fsp3) is 0. The number of carbonyl (C=O) groups excluding carboxylic acids is 2. The van der Waals surface area contributed by atoms with E-state index in [0.29, 0.717) is 5.56 Å². The summed E-state index contributed by atoms with van der Waals surface area (Å²) in [7, 11) is 0. The standard InChI is InChI=1S/C14H8N4O2/c15-7-8-3-4-11(10(16)6-8)18-13(19)9-2-1-5-17-12(9)14(18)20/h1-6H,16H2. The molecular formula is C14H8N4O2. The van der Waals surface area contributed by atoms with Crippen molar-refractivity contribution in [3.63, 3.8) is 0 Å². The van der Waals surface area contributed by atoms with Gasteiger partial charge in [0.05, 0.1) is 28.6 Å². The molecule has 6 heteroatoms. The molecule has 1 aliphatic rings. The molecule has 0 fully saturated rings. The van der Waals surface area contributed by atoms with Crippen LogP contribution >= 0.6 is 0 Å². The smallest absolute Gasteiger partial charge is 0.284 e. The van der Waals surface area contributed by atoms with E-state index in [1.807, 2.05) is 6.07 Å². The molecule has 0 saturated carbocycles. The van der Waals surface area contributed by atoms with Crippen molar-refractivity contribution in [2.45, 2.75) is 0 Å². The van der Waals surface area contributed by atoms with E-state index in [2.05, 4.69) is 4.98 Å². The first-order chi connectivity index (χ1) is 9.63. The first-order valence-electron chi connectivity index (χ1n) is 5.77. The summed E-state index contributed by atoms with van der Waals surface area (Å²) in [5.74, 6) is -0.975. The molecule has 1 aliphatic heterocycles. The zero-order chi connectivity index (χ0) is 14.3. The fourth-order valence-corrected chi connectivity index (χ4v) is 2.11. The molecule has 0 radical (unpaired) electrons. The minimum absolute atomic E-state index is 0.112. The van der Waals surface area contributed by atoms with E-state index in [9.17, 15) is 9.59 Å². The number of nitriles is 1. The Morgan fingerprint density at radius 1 is 1.20 bits per heavy atom. The van der Waals surface area contributed by atoms with Gasteiger partial charge in [0.2, 0.25) is 0 Å². The van der Waals surface area contributed by atoms with Crippen LogP contribution in [0.2, 0.25) is 0 Å². The molecule has 0 aliphatic carbocycles. The van der Waals surface area contributed by atoms with Crippen LogP contribution in [0.5, 0.6) is 0 Å². The summed E-state index contributed by atoms with van der Waals surface area (Å²) in [6.07, 6.45) is 1.45. The number of amides is 2. The van der Waals surface area contributed by atoms with Gasteiger partial charge in [0.1, 0.15) is 5.69 Å². The first-order valence-corrected chi connectivity index (χ1v) is 5.77. The average Bonchev–Trinajstić information content (AvgIpc) is 2.72. The second-order valence-electron chi connectivity index (χ2n) is 4.23. The van der Waals surface area contributed by atoms with Crippen molar-refractivity contribution in [3.05, 3.63) is 53.3 Å². The molecular weight excluding hydrogens is 256 g/mol. The summed E-state index contributed by atoms with van der Waals surface area (Å²) in [6, 6.07) is 9.49. The number of anilines is 2. The van der Waals surface area contributed by atoms with Gasteiger partial charge in [0.25, 0.3) is 11.8 Å². The minimum atomic E-state index is -0.512. The Hall–Kier alpha value is -3.20. The molecule has 2 aromatic rings. The van der Waals surface area contributed by atoms with Crippen LogP contribution in [0.1, 0.15) is 26.4 Å². The zero-order valence-electron chi connectivity index (χ0n) is 10.2. The Bertz CT molecular complexity index is 757. The first kappa shape index (κ1) is 11.9. The number of pyridine rings is 1. The second-order valence-corrected chi connectivity index (χ2v) is 4.23. The van der Waals surface area contributed by atoms with E-state index in [0.717, 1.165) is 4.90 Å². The van der Waals surface area contributed by atoms with Gasteiger partial charge in [0.15, 0.2) is 0 Å². The molecule has 0 saturated heterocycles. The van der Waals surface area contributed by atoms with Crippen molar-refractivity contribution in [2.24, 2.45) is 0 Å². The number of hydrogen-bond donors (Lipinski definition) is 1.